The predicted molar refractivity (Wildman–Crippen MR) is 59.5 cm³/mol. The summed E-state index contributed by atoms with van der Waals surface area (Å²) in [6.45, 7) is 5.78. The average molecular weight is 208 g/mol. The molecule has 1 aromatic rings. The quantitative estimate of drug-likeness (QED) is 0.689. The summed E-state index contributed by atoms with van der Waals surface area (Å²) in [7, 11) is 0. The lowest BCUT2D eigenvalue weighted by Gasteiger charge is -2.11. The third-order valence-corrected chi connectivity index (χ3v) is 2.74. The fraction of sp³-hybridized carbons (Fsp3) is 0.462. The fourth-order valence-electron chi connectivity index (χ4n) is 1.71. The Morgan fingerprint density at radius 2 is 1.93 bits per heavy atom. The number of ketones is 1. The zero-order valence-electron chi connectivity index (χ0n) is 9.51. The Morgan fingerprint density at radius 3 is 2.47 bits per heavy atom. The number of halogens is 1. The van der Waals surface area contributed by atoms with Crippen LogP contribution in [0, 0.1) is 18.7 Å². The highest BCUT2D eigenvalue weighted by Crippen LogP contribution is 2.19. The SMILES string of the molecule is CCC(CC)C(=O)c1cc(C)ccc1F. The molecule has 0 bridgehead atoms. The number of carbonyl (C=O) groups is 1. The highest BCUT2D eigenvalue weighted by Gasteiger charge is 2.19. The van der Waals surface area contributed by atoms with Crippen LogP contribution in [-0.2, 0) is 0 Å². The van der Waals surface area contributed by atoms with Crippen LogP contribution >= 0.6 is 0 Å². The molecule has 0 atom stereocenters. The Labute approximate surface area is 90.3 Å². The molecule has 0 spiro atoms. The van der Waals surface area contributed by atoms with Crippen molar-refractivity contribution in [2.45, 2.75) is 33.6 Å². The zero-order chi connectivity index (χ0) is 11.4. The average Bonchev–Trinajstić information content (AvgIpc) is 2.23. The second kappa shape index (κ2) is 5.06. The van der Waals surface area contributed by atoms with Crippen LogP contribution in [0.3, 0.4) is 0 Å². The number of benzene rings is 1. The van der Waals surface area contributed by atoms with Crippen LogP contribution in [0.15, 0.2) is 18.2 Å². The van der Waals surface area contributed by atoms with E-state index in [4.69, 9.17) is 0 Å². The molecule has 0 fully saturated rings. The molecule has 0 radical (unpaired) electrons. The van der Waals surface area contributed by atoms with E-state index >= 15 is 0 Å². The van der Waals surface area contributed by atoms with Gasteiger partial charge in [0.1, 0.15) is 5.82 Å². The number of hydrogen-bond donors (Lipinski definition) is 0. The van der Waals surface area contributed by atoms with Gasteiger partial charge in [0.15, 0.2) is 5.78 Å². The normalized spacial score (nSPS) is 10.7. The maximum absolute atomic E-state index is 13.4. The van der Waals surface area contributed by atoms with Gasteiger partial charge in [0, 0.05) is 5.92 Å². The van der Waals surface area contributed by atoms with Crippen LogP contribution in [0.1, 0.15) is 42.6 Å². The maximum Gasteiger partial charge on any atom is 0.168 e. The molecule has 0 aromatic heterocycles. The molecule has 0 N–H and O–H groups in total. The van der Waals surface area contributed by atoms with E-state index in [1.165, 1.54) is 6.07 Å². The Bertz CT molecular complexity index is 354. The minimum absolute atomic E-state index is 0.0544. The van der Waals surface area contributed by atoms with Crippen molar-refractivity contribution < 1.29 is 9.18 Å². The van der Waals surface area contributed by atoms with Gasteiger partial charge >= 0.3 is 0 Å². The molecule has 0 aliphatic heterocycles. The number of rotatable bonds is 4. The van der Waals surface area contributed by atoms with Crippen molar-refractivity contribution in [2.75, 3.05) is 0 Å². The lowest BCUT2D eigenvalue weighted by atomic mass is 9.92. The molecule has 0 amide bonds. The molecule has 1 nitrogen and oxygen atoms in total. The summed E-state index contributed by atoms with van der Waals surface area (Å²) in [5.74, 6) is -0.528. The highest BCUT2D eigenvalue weighted by molar-refractivity contribution is 5.98. The summed E-state index contributed by atoms with van der Waals surface area (Å²) >= 11 is 0. The van der Waals surface area contributed by atoms with Crippen molar-refractivity contribution in [3.05, 3.63) is 35.1 Å². The topological polar surface area (TPSA) is 17.1 Å². The predicted octanol–water partition coefficient (Wildman–Crippen LogP) is 3.75. The standard InChI is InChI=1S/C13H17FO/c1-4-10(5-2)13(15)11-8-9(3)6-7-12(11)14/h6-8,10H,4-5H2,1-3H3. The monoisotopic (exact) mass is 208 g/mol. The van der Waals surface area contributed by atoms with Gasteiger partial charge in [-0.1, -0.05) is 25.5 Å². The van der Waals surface area contributed by atoms with E-state index in [0.29, 0.717) is 0 Å². The summed E-state index contributed by atoms with van der Waals surface area (Å²) in [4.78, 5) is 11.9. The molecule has 82 valence electrons. The van der Waals surface area contributed by atoms with Crippen LogP contribution < -0.4 is 0 Å². The van der Waals surface area contributed by atoms with Gasteiger partial charge in [0.25, 0.3) is 0 Å². The first kappa shape index (κ1) is 11.9. The smallest absolute Gasteiger partial charge is 0.168 e. The van der Waals surface area contributed by atoms with Gasteiger partial charge in [0.05, 0.1) is 5.56 Å². The first-order chi connectivity index (χ1) is 7.10. The van der Waals surface area contributed by atoms with Crippen LogP contribution in [0.25, 0.3) is 0 Å². The van der Waals surface area contributed by atoms with Crippen LogP contribution in [0.4, 0.5) is 4.39 Å². The molecule has 2 heteroatoms. The first-order valence-electron chi connectivity index (χ1n) is 5.40. The molecule has 15 heavy (non-hydrogen) atoms. The number of aryl methyl sites for hydroxylation is 1. The minimum Gasteiger partial charge on any atom is -0.294 e. The van der Waals surface area contributed by atoms with E-state index in [0.717, 1.165) is 18.4 Å². The molecule has 0 heterocycles. The van der Waals surface area contributed by atoms with E-state index < -0.39 is 5.82 Å². The molecule has 1 rings (SSSR count). The minimum atomic E-state index is -0.405. The summed E-state index contributed by atoms with van der Waals surface area (Å²) in [5, 5.41) is 0. The third-order valence-electron chi connectivity index (χ3n) is 2.74. The maximum atomic E-state index is 13.4. The molecule has 0 saturated carbocycles. The van der Waals surface area contributed by atoms with Gasteiger partial charge in [-0.05, 0) is 31.9 Å². The van der Waals surface area contributed by atoms with Crippen LogP contribution in [-0.4, -0.2) is 5.78 Å². The lowest BCUT2D eigenvalue weighted by Crippen LogP contribution is -2.14. The summed E-state index contributed by atoms with van der Waals surface area (Å²) < 4.78 is 13.4. The molecule has 0 saturated heterocycles. The molecule has 0 unspecified atom stereocenters. The Morgan fingerprint density at radius 1 is 1.33 bits per heavy atom. The van der Waals surface area contributed by atoms with Crippen molar-refractivity contribution in [3.8, 4) is 0 Å². The first-order valence-corrected chi connectivity index (χ1v) is 5.40. The van der Waals surface area contributed by atoms with E-state index in [1.54, 1.807) is 12.1 Å². The summed E-state index contributed by atoms with van der Waals surface area (Å²) in [5.41, 5.74) is 1.16. The van der Waals surface area contributed by atoms with Crippen molar-refractivity contribution in [1.29, 1.82) is 0 Å². The second-order valence-corrected chi connectivity index (χ2v) is 3.86. The summed E-state index contributed by atoms with van der Waals surface area (Å²) in [6, 6.07) is 4.68. The second-order valence-electron chi connectivity index (χ2n) is 3.86. The number of carbonyl (C=O) groups excluding carboxylic acids is 1. The van der Waals surface area contributed by atoms with Crippen LogP contribution in [0.5, 0.6) is 0 Å². The largest absolute Gasteiger partial charge is 0.294 e. The van der Waals surface area contributed by atoms with Gasteiger partial charge in [-0.2, -0.15) is 0 Å². The fourth-order valence-corrected chi connectivity index (χ4v) is 1.71. The van der Waals surface area contributed by atoms with Crippen molar-refractivity contribution in [1.82, 2.24) is 0 Å². The Balaban J connectivity index is 3.04. The third kappa shape index (κ3) is 2.65. The van der Waals surface area contributed by atoms with Crippen LogP contribution in [0.2, 0.25) is 0 Å². The van der Waals surface area contributed by atoms with Gasteiger partial charge in [-0.3, -0.25) is 4.79 Å². The van der Waals surface area contributed by atoms with Gasteiger partial charge in [0.2, 0.25) is 0 Å². The van der Waals surface area contributed by atoms with Crippen molar-refractivity contribution in [2.24, 2.45) is 5.92 Å². The Hall–Kier alpha value is -1.18. The van der Waals surface area contributed by atoms with Gasteiger partial charge in [-0.15, -0.1) is 0 Å². The molecule has 1 aromatic carbocycles. The Kier molecular flexibility index (Phi) is 4.01. The van der Waals surface area contributed by atoms with Gasteiger partial charge < -0.3 is 0 Å². The van der Waals surface area contributed by atoms with Crippen molar-refractivity contribution >= 4 is 5.78 Å². The van der Waals surface area contributed by atoms with E-state index in [1.807, 2.05) is 20.8 Å². The zero-order valence-corrected chi connectivity index (χ0v) is 9.51. The summed E-state index contributed by atoms with van der Waals surface area (Å²) in [6.07, 6.45) is 1.53. The van der Waals surface area contributed by atoms with E-state index in [-0.39, 0.29) is 17.3 Å². The lowest BCUT2D eigenvalue weighted by molar-refractivity contribution is 0.0909. The molecule has 0 aliphatic rings. The number of hydrogen-bond acceptors (Lipinski definition) is 1. The molecular formula is C13H17FO. The molecule has 0 aliphatic carbocycles. The highest BCUT2D eigenvalue weighted by atomic mass is 19.1. The van der Waals surface area contributed by atoms with E-state index in [2.05, 4.69) is 0 Å². The van der Waals surface area contributed by atoms with Gasteiger partial charge in [-0.25, -0.2) is 4.39 Å². The van der Waals surface area contributed by atoms with E-state index in [9.17, 15) is 9.18 Å². The van der Waals surface area contributed by atoms with Crippen molar-refractivity contribution in [3.63, 3.8) is 0 Å². The molecular weight excluding hydrogens is 191 g/mol. The number of Topliss-reactive ketones (excluding diaryl/α,β-unsaturated/α-hetero) is 1.